The standard InChI is InChI=1S/C19H21NO3/c1-23-18-8-6-17(7-9-18)19(22)10-5-15-3-2-4-16(13-15)14-20-11-12-21/h2-10,13,20-21H,11-12,14H2,1H3/b10-5+. The maximum atomic E-state index is 12.1. The van der Waals surface area contributed by atoms with E-state index in [9.17, 15) is 4.79 Å². The summed E-state index contributed by atoms with van der Waals surface area (Å²) in [6.07, 6.45) is 3.38. The van der Waals surface area contributed by atoms with E-state index in [1.54, 1.807) is 37.5 Å². The molecule has 0 atom stereocenters. The number of methoxy groups -OCH3 is 1. The van der Waals surface area contributed by atoms with E-state index in [1.807, 2.05) is 30.3 Å². The van der Waals surface area contributed by atoms with Gasteiger partial charge in [0, 0.05) is 18.7 Å². The first-order valence-corrected chi connectivity index (χ1v) is 7.50. The molecule has 0 spiro atoms. The molecule has 2 aromatic carbocycles. The highest BCUT2D eigenvalue weighted by atomic mass is 16.5. The van der Waals surface area contributed by atoms with Gasteiger partial charge in [-0.3, -0.25) is 4.79 Å². The molecule has 0 saturated carbocycles. The van der Waals surface area contributed by atoms with Gasteiger partial charge in [0.05, 0.1) is 13.7 Å². The molecule has 0 bridgehead atoms. The molecule has 2 rings (SSSR count). The Hall–Kier alpha value is -2.43. The highest BCUT2D eigenvalue weighted by molar-refractivity contribution is 6.06. The molecule has 0 heterocycles. The van der Waals surface area contributed by atoms with Crippen LogP contribution in [0.5, 0.6) is 5.75 Å². The lowest BCUT2D eigenvalue weighted by molar-refractivity contribution is 0.104. The molecule has 2 N–H and O–H groups in total. The molecule has 0 amide bonds. The van der Waals surface area contributed by atoms with E-state index in [0.29, 0.717) is 18.7 Å². The van der Waals surface area contributed by atoms with Crippen molar-refractivity contribution in [1.29, 1.82) is 0 Å². The first-order valence-electron chi connectivity index (χ1n) is 7.50. The van der Waals surface area contributed by atoms with E-state index >= 15 is 0 Å². The average Bonchev–Trinajstić information content (AvgIpc) is 2.60. The second kappa shape index (κ2) is 8.88. The van der Waals surface area contributed by atoms with Crippen molar-refractivity contribution >= 4 is 11.9 Å². The summed E-state index contributed by atoms with van der Waals surface area (Å²) in [7, 11) is 1.60. The monoisotopic (exact) mass is 311 g/mol. The molecular weight excluding hydrogens is 290 g/mol. The summed E-state index contributed by atoms with van der Waals surface area (Å²) >= 11 is 0. The lowest BCUT2D eigenvalue weighted by Crippen LogP contribution is -2.17. The van der Waals surface area contributed by atoms with Crippen molar-refractivity contribution in [3.8, 4) is 5.75 Å². The number of benzene rings is 2. The van der Waals surface area contributed by atoms with Crippen LogP contribution < -0.4 is 10.1 Å². The molecule has 0 aliphatic carbocycles. The van der Waals surface area contributed by atoms with Crippen molar-refractivity contribution in [2.75, 3.05) is 20.3 Å². The van der Waals surface area contributed by atoms with E-state index in [2.05, 4.69) is 5.32 Å². The molecule has 2 aromatic rings. The zero-order valence-electron chi connectivity index (χ0n) is 13.2. The van der Waals surface area contributed by atoms with Crippen LogP contribution in [0.4, 0.5) is 0 Å². The Bertz CT molecular complexity index is 663. The first-order chi connectivity index (χ1) is 11.2. The largest absolute Gasteiger partial charge is 0.497 e. The Labute approximate surface area is 136 Å². The Morgan fingerprint density at radius 1 is 1.22 bits per heavy atom. The maximum absolute atomic E-state index is 12.1. The van der Waals surface area contributed by atoms with Gasteiger partial charge in [-0.15, -0.1) is 0 Å². The average molecular weight is 311 g/mol. The van der Waals surface area contributed by atoms with E-state index in [-0.39, 0.29) is 12.4 Å². The minimum Gasteiger partial charge on any atom is -0.497 e. The number of allylic oxidation sites excluding steroid dienone is 1. The molecule has 0 unspecified atom stereocenters. The first kappa shape index (κ1) is 16.9. The van der Waals surface area contributed by atoms with Crippen LogP contribution in [0, 0.1) is 0 Å². The fraction of sp³-hybridized carbons (Fsp3) is 0.211. The summed E-state index contributed by atoms with van der Waals surface area (Å²) in [6, 6.07) is 15.0. The summed E-state index contributed by atoms with van der Waals surface area (Å²) in [5.74, 6) is 0.685. The van der Waals surface area contributed by atoms with Crippen LogP contribution in [0.3, 0.4) is 0 Å². The lowest BCUT2D eigenvalue weighted by Gasteiger charge is -2.04. The van der Waals surface area contributed by atoms with E-state index in [4.69, 9.17) is 9.84 Å². The van der Waals surface area contributed by atoms with Crippen LogP contribution in [0.15, 0.2) is 54.6 Å². The molecule has 4 heteroatoms. The van der Waals surface area contributed by atoms with Crippen LogP contribution in [0.25, 0.3) is 6.08 Å². The molecule has 0 fully saturated rings. The van der Waals surface area contributed by atoms with Crippen molar-refractivity contribution in [2.45, 2.75) is 6.54 Å². The highest BCUT2D eigenvalue weighted by Gasteiger charge is 2.02. The summed E-state index contributed by atoms with van der Waals surface area (Å²) in [6.45, 7) is 1.38. The maximum Gasteiger partial charge on any atom is 0.185 e. The minimum absolute atomic E-state index is 0.0449. The number of aliphatic hydroxyl groups is 1. The van der Waals surface area contributed by atoms with Gasteiger partial charge in [-0.25, -0.2) is 0 Å². The molecule has 0 aromatic heterocycles. The van der Waals surface area contributed by atoms with Crippen molar-refractivity contribution in [1.82, 2.24) is 5.32 Å². The number of ether oxygens (including phenoxy) is 1. The predicted molar refractivity (Wildman–Crippen MR) is 91.6 cm³/mol. The lowest BCUT2D eigenvalue weighted by atomic mass is 10.1. The number of nitrogens with one attached hydrogen (secondary N) is 1. The Morgan fingerprint density at radius 3 is 2.70 bits per heavy atom. The number of hydrogen-bond acceptors (Lipinski definition) is 4. The highest BCUT2D eigenvalue weighted by Crippen LogP contribution is 2.13. The smallest absolute Gasteiger partial charge is 0.185 e. The molecule has 0 aliphatic rings. The third-order valence-electron chi connectivity index (χ3n) is 3.37. The number of ketones is 1. The quantitative estimate of drug-likeness (QED) is 0.447. The van der Waals surface area contributed by atoms with E-state index in [1.165, 1.54) is 0 Å². The molecule has 0 aliphatic heterocycles. The number of aliphatic hydroxyl groups excluding tert-OH is 1. The predicted octanol–water partition coefficient (Wildman–Crippen LogP) is 2.67. The summed E-state index contributed by atoms with van der Waals surface area (Å²) in [5.41, 5.74) is 2.70. The van der Waals surface area contributed by atoms with Gasteiger partial charge in [0.25, 0.3) is 0 Å². The van der Waals surface area contributed by atoms with Gasteiger partial charge >= 0.3 is 0 Å². The van der Waals surface area contributed by atoms with Crippen molar-refractivity contribution in [3.05, 3.63) is 71.3 Å². The third-order valence-corrected chi connectivity index (χ3v) is 3.37. The van der Waals surface area contributed by atoms with Crippen molar-refractivity contribution in [3.63, 3.8) is 0 Å². The van der Waals surface area contributed by atoms with Gasteiger partial charge in [-0.1, -0.05) is 30.3 Å². The second-order valence-corrected chi connectivity index (χ2v) is 5.07. The number of rotatable bonds is 8. The summed E-state index contributed by atoms with van der Waals surface area (Å²) < 4.78 is 5.08. The zero-order valence-corrected chi connectivity index (χ0v) is 13.2. The van der Waals surface area contributed by atoms with Gasteiger partial charge in [0.2, 0.25) is 0 Å². The van der Waals surface area contributed by atoms with E-state index in [0.717, 1.165) is 16.9 Å². The number of carbonyl (C=O) groups excluding carboxylic acids is 1. The van der Waals surface area contributed by atoms with Gasteiger partial charge < -0.3 is 15.2 Å². The van der Waals surface area contributed by atoms with Crippen LogP contribution in [-0.2, 0) is 6.54 Å². The SMILES string of the molecule is COc1ccc(C(=O)/C=C/c2cccc(CNCCO)c2)cc1. The second-order valence-electron chi connectivity index (χ2n) is 5.07. The molecule has 120 valence electrons. The third kappa shape index (κ3) is 5.36. The molecule has 4 nitrogen and oxygen atoms in total. The normalized spacial score (nSPS) is 10.9. The summed E-state index contributed by atoms with van der Waals surface area (Å²) in [5, 5.41) is 11.9. The van der Waals surface area contributed by atoms with Gasteiger partial charge in [0.15, 0.2) is 5.78 Å². The Morgan fingerprint density at radius 2 is 2.00 bits per heavy atom. The minimum atomic E-state index is -0.0449. The van der Waals surface area contributed by atoms with Crippen LogP contribution in [0.1, 0.15) is 21.5 Å². The van der Waals surface area contributed by atoms with Gasteiger partial charge in [0.1, 0.15) is 5.75 Å². The molecule has 23 heavy (non-hydrogen) atoms. The van der Waals surface area contributed by atoms with Crippen LogP contribution in [-0.4, -0.2) is 31.2 Å². The Balaban J connectivity index is 2.00. The summed E-state index contributed by atoms with van der Waals surface area (Å²) in [4.78, 5) is 12.1. The van der Waals surface area contributed by atoms with Gasteiger partial charge in [-0.2, -0.15) is 0 Å². The van der Waals surface area contributed by atoms with Crippen LogP contribution >= 0.6 is 0 Å². The van der Waals surface area contributed by atoms with Crippen molar-refractivity contribution < 1.29 is 14.6 Å². The van der Waals surface area contributed by atoms with Crippen LogP contribution in [0.2, 0.25) is 0 Å². The molecule has 0 saturated heterocycles. The molecular formula is C19H21NO3. The molecule has 0 radical (unpaired) electrons. The fourth-order valence-corrected chi connectivity index (χ4v) is 2.14. The zero-order chi connectivity index (χ0) is 16.5. The number of hydrogen-bond donors (Lipinski definition) is 2. The fourth-order valence-electron chi connectivity index (χ4n) is 2.14. The number of carbonyl (C=O) groups is 1. The topological polar surface area (TPSA) is 58.6 Å². The Kier molecular flexibility index (Phi) is 6.54. The van der Waals surface area contributed by atoms with Gasteiger partial charge in [-0.05, 0) is 41.5 Å². The van der Waals surface area contributed by atoms with Crippen molar-refractivity contribution in [2.24, 2.45) is 0 Å². The van der Waals surface area contributed by atoms with E-state index < -0.39 is 0 Å².